The van der Waals surface area contributed by atoms with Crippen molar-refractivity contribution >= 4 is 35.7 Å². The molecule has 2 aromatic rings. The number of piperidine rings is 1. The third-order valence-corrected chi connectivity index (χ3v) is 10.3. The van der Waals surface area contributed by atoms with Crippen LogP contribution < -0.4 is 21.3 Å². The lowest BCUT2D eigenvalue weighted by molar-refractivity contribution is -0.157. The van der Waals surface area contributed by atoms with Gasteiger partial charge in [0.2, 0.25) is 17.7 Å². The number of hydrogen-bond acceptors (Lipinski definition) is 9. The van der Waals surface area contributed by atoms with E-state index in [-0.39, 0.29) is 37.1 Å². The molecular formula is C46H67N5O9. The topological polar surface area (TPSA) is 181 Å². The summed E-state index contributed by atoms with van der Waals surface area (Å²) in [6.45, 7) is 14.6. The second-order valence-electron chi connectivity index (χ2n) is 18.1. The number of benzene rings is 2. The fourth-order valence-corrected chi connectivity index (χ4v) is 7.24. The number of amides is 5. The summed E-state index contributed by atoms with van der Waals surface area (Å²) in [7, 11) is 0. The summed E-state index contributed by atoms with van der Waals surface area (Å²) in [5.74, 6) is -2.81. The molecule has 14 heteroatoms. The van der Waals surface area contributed by atoms with Crippen LogP contribution in [0.15, 0.2) is 60.7 Å². The van der Waals surface area contributed by atoms with Gasteiger partial charge in [-0.25, -0.2) is 4.79 Å². The van der Waals surface area contributed by atoms with Crippen LogP contribution >= 0.6 is 0 Å². The van der Waals surface area contributed by atoms with E-state index in [0.717, 1.165) is 24.0 Å². The number of esters is 1. The van der Waals surface area contributed by atoms with E-state index >= 15 is 0 Å². The number of nitrogens with one attached hydrogen (secondary N) is 4. The Morgan fingerprint density at radius 3 is 1.85 bits per heavy atom. The lowest BCUT2D eigenvalue weighted by Crippen LogP contribution is -2.62. The first-order valence-corrected chi connectivity index (χ1v) is 21.4. The molecule has 1 aliphatic heterocycles. The minimum absolute atomic E-state index is 0.0491. The van der Waals surface area contributed by atoms with Crippen LogP contribution in [0.25, 0.3) is 0 Å². The van der Waals surface area contributed by atoms with E-state index in [1.165, 1.54) is 6.92 Å². The van der Waals surface area contributed by atoms with Gasteiger partial charge in [-0.3, -0.25) is 24.0 Å². The summed E-state index contributed by atoms with van der Waals surface area (Å²) in [4.78, 5) is 83.0. The number of aryl methyl sites for hydroxylation is 2. The predicted molar refractivity (Wildman–Crippen MR) is 227 cm³/mol. The molecule has 2 fully saturated rings. The zero-order chi connectivity index (χ0) is 44.0. The highest BCUT2D eigenvalue weighted by atomic mass is 16.6. The fourth-order valence-electron chi connectivity index (χ4n) is 7.24. The van der Waals surface area contributed by atoms with Gasteiger partial charge in [-0.05, 0) is 117 Å². The van der Waals surface area contributed by atoms with E-state index in [9.17, 15) is 28.8 Å². The minimum Gasteiger partial charge on any atom is -0.450 e. The van der Waals surface area contributed by atoms with E-state index in [1.54, 1.807) is 11.8 Å². The first-order chi connectivity index (χ1) is 28.3. The summed E-state index contributed by atoms with van der Waals surface area (Å²) in [5.41, 5.74) is 0.607. The van der Waals surface area contributed by atoms with E-state index in [4.69, 9.17) is 14.2 Å². The summed E-state index contributed by atoms with van der Waals surface area (Å²) in [5, 5.41) is 11.7. The molecule has 0 bridgehead atoms. The third kappa shape index (κ3) is 16.9. The van der Waals surface area contributed by atoms with Crippen molar-refractivity contribution in [2.45, 2.75) is 161 Å². The molecule has 0 aromatic heterocycles. The van der Waals surface area contributed by atoms with Crippen LogP contribution in [0.2, 0.25) is 0 Å². The highest BCUT2D eigenvalue weighted by Crippen LogP contribution is 2.27. The van der Waals surface area contributed by atoms with Gasteiger partial charge in [0.05, 0.1) is 17.7 Å². The lowest BCUT2D eigenvalue weighted by Gasteiger charge is -2.37. The number of rotatable bonds is 19. The van der Waals surface area contributed by atoms with Crippen LogP contribution in [0.1, 0.15) is 111 Å². The van der Waals surface area contributed by atoms with E-state index in [2.05, 4.69) is 21.3 Å². The zero-order valence-electron chi connectivity index (χ0n) is 36.7. The second kappa shape index (κ2) is 22.0. The number of nitrogens with zero attached hydrogens (tertiary/aromatic N) is 1. The molecule has 1 unspecified atom stereocenters. The maximum Gasteiger partial charge on any atom is 0.410 e. The van der Waals surface area contributed by atoms with Crippen LogP contribution in [-0.4, -0.2) is 101 Å². The molecule has 0 radical (unpaired) electrons. The number of carbonyl (C=O) groups excluding carboxylic acids is 6. The van der Waals surface area contributed by atoms with Crippen molar-refractivity contribution in [2.24, 2.45) is 5.92 Å². The second-order valence-corrected chi connectivity index (χ2v) is 18.1. The van der Waals surface area contributed by atoms with Crippen LogP contribution in [0.4, 0.5) is 4.79 Å². The Hall–Kier alpha value is -4.98. The highest BCUT2D eigenvalue weighted by Gasteiger charge is 2.41. The van der Waals surface area contributed by atoms with Gasteiger partial charge in [0.15, 0.2) is 6.10 Å². The van der Waals surface area contributed by atoms with E-state index < -0.39 is 71.3 Å². The molecule has 4 N–H and O–H groups in total. The van der Waals surface area contributed by atoms with Crippen LogP contribution in [-0.2, 0) is 51.0 Å². The Labute approximate surface area is 355 Å². The first-order valence-electron chi connectivity index (χ1n) is 21.4. The van der Waals surface area contributed by atoms with Crippen molar-refractivity contribution in [1.82, 2.24) is 26.2 Å². The van der Waals surface area contributed by atoms with Crippen molar-refractivity contribution in [2.75, 3.05) is 13.1 Å². The Bertz CT molecular complexity index is 1730. The molecule has 5 atom stereocenters. The van der Waals surface area contributed by atoms with Crippen molar-refractivity contribution in [3.63, 3.8) is 0 Å². The predicted octanol–water partition coefficient (Wildman–Crippen LogP) is 5.16. The summed E-state index contributed by atoms with van der Waals surface area (Å²) in [6.07, 6.45) is 1.69. The number of hydrogen-bond donors (Lipinski definition) is 4. The quantitative estimate of drug-likeness (QED) is 0.139. The zero-order valence-corrected chi connectivity index (χ0v) is 36.7. The molecule has 14 nitrogen and oxygen atoms in total. The van der Waals surface area contributed by atoms with E-state index in [0.29, 0.717) is 38.8 Å². The van der Waals surface area contributed by atoms with Gasteiger partial charge >= 0.3 is 12.1 Å². The van der Waals surface area contributed by atoms with Crippen LogP contribution in [0.5, 0.6) is 0 Å². The third-order valence-electron chi connectivity index (χ3n) is 10.3. The molecule has 1 aliphatic carbocycles. The standard InChI is InChI=1S/C46H67N5O9/c1-30(59-45(3,4)5)39(50-41(54)36(23-19-32-15-11-9-12-16-32)48-38(53)24-20-33-17-13-10-14-18-33)42(55)49-37(40(58-31(2)52)43(56)47-35-21-22-35)29-34-25-27-51(28-26-34)44(57)60-46(6,7)8/h9-18,30,34-37,39-40H,19-29H2,1-8H3,(H,47,56)(H,48,53)(H,49,55)(H,50,54)/t30-,36+,37+,39+,40?/m1/s1. The molecule has 4 rings (SSSR count). The van der Waals surface area contributed by atoms with Crippen LogP contribution in [0.3, 0.4) is 0 Å². The molecular weight excluding hydrogens is 767 g/mol. The number of carbonyl (C=O) groups is 6. The molecule has 2 aliphatic rings. The van der Waals surface area contributed by atoms with Crippen molar-refractivity contribution < 1.29 is 43.0 Å². The average Bonchev–Trinajstić information content (AvgIpc) is 4.00. The maximum absolute atomic E-state index is 14.6. The van der Waals surface area contributed by atoms with Crippen molar-refractivity contribution in [3.8, 4) is 0 Å². The molecule has 2 aromatic carbocycles. The molecule has 1 heterocycles. The Kier molecular flexibility index (Phi) is 17.5. The Morgan fingerprint density at radius 2 is 1.32 bits per heavy atom. The van der Waals surface area contributed by atoms with Crippen molar-refractivity contribution in [3.05, 3.63) is 71.8 Å². The first kappa shape index (κ1) is 47.7. The van der Waals surface area contributed by atoms with Gasteiger partial charge in [0.1, 0.15) is 17.7 Å². The smallest absolute Gasteiger partial charge is 0.410 e. The summed E-state index contributed by atoms with van der Waals surface area (Å²) < 4.78 is 17.5. The van der Waals surface area contributed by atoms with E-state index in [1.807, 2.05) is 102 Å². The Balaban J connectivity index is 1.58. The maximum atomic E-state index is 14.6. The van der Waals surface area contributed by atoms with Gasteiger partial charge < -0.3 is 40.4 Å². The molecule has 0 spiro atoms. The Morgan fingerprint density at radius 1 is 0.733 bits per heavy atom. The fraction of sp³-hybridized carbons (Fsp3) is 0.609. The van der Waals surface area contributed by atoms with Crippen LogP contribution in [0, 0.1) is 5.92 Å². The lowest BCUT2D eigenvalue weighted by atomic mass is 9.88. The minimum atomic E-state index is -1.37. The SMILES string of the molecule is CC(=O)OC(C(=O)NC1CC1)[C@H](CC1CCN(C(=O)OC(C)(C)C)CC1)NC(=O)[C@@H](NC(=O)[C@H](CCc1ccccc1)NC(=O)CCc1ccccc1)[C@@H](C)OC(C)(C)C. The summed E-state index contributed by atoms with van der Waals surface area (Å²) in [6, 6.07) is 15.9. The highest BCUT2D eigenvalue weighted by molar-refractivity contribution is 5.93. The van der Waals surface area contributed by atoms with Gasteiger partial charge in [0.25, 0.3) is 5.91 Å². The monoisotopic (exact) mass is 833 g/mol. The largest absolute Gasteiger partial charge is 0.450 e. The average molecular weight is 834 g/mol. The molecule has 60 heavy (non-hydrogen) atoms. The molecule has 5 amide bonds. The molecule has 1 saturated heterocycles. The van der Waals surface area contributed by atoms with Gasteiger partial charge in [-0.2, -0.15) is 0 Å². The number of likely N-dealkylation sites (tertiary alicyclic amines) is 1. The summed E-state index contributed by atoms with van der Waals surface area (Å²) >= 11 is 0. The van der Waals surface area contributed by atoms with Crippen molar-refractivity contribution in [1.29, 1.82) is 0 Å². The van der Waals surface area contributed by atoms with Gasteiger partial charge in [-0.1, -0.05) is 60.7 Å². The normalized spacial score (nSPS) is 17.2. The van der Waals surface area contributed by atoms with Gasteiger partial charge in [-0.15, -0.1) is 0 Å². The molecule has 1 saturated carbocycles. The number of ether oxygens (including phenoxy) is 3. The molecule has 330 valence electrons. The van der Waals surface area contributed by atoms with Gasteiger partial charge in [0, 0.05) is 32.5 Å².